The molecule has 28 heavy (non-hydrogen) atoms. The monoisotopic (exact) mass is 381 g/mol. The molecule has 148 valence electrons. The number of benzene rings is 2. The Kier molecular flexibility index (Phi) is 7.64. The number of rotatable bonds is 8. The highest BCUT2D eigenvalue weighted by Gasteiger charge is 2.22. The molecule has 1 saturated heterocycles. The van der Waals surface area contributed by atoms with Gasteiger partial charge in [0.2, 0.25) is 5.91 Å². The SMILES string of the molecule is CCOc1ccc(/C=C/C(=O)N[C@H](C[NH+]2CCOCC2)c2ccccc2)cc1. The van der Waals surface area contributed by atoms with Crippen LogP contribution in [0.15, 0.2) is 60.7 Å². The Hall–Kier alpha value is -2.63. The van der Waals surface area contributed by atoms with Crippen LogP contribution in [0.25, 0.3) is 6.08 Å². The van der Waals surface area contributed by atoms with Crippen molar-refractivity contribution in [1.82, 2.24) is 5.32 Å². The molecule has 5 heteroatoms. The molecule has 0 saturated carbocycles. The second-order valence-electron chi connectivity index (χ2n) is 6.87. The van der Waals surface area contributed by atoms with E-state index in [0.717, 1.165) is 49.7 Å². The zero-order valence-corrected chi connectivity index (χ0v) is 16.4. The summed E-state index contributed by atoms with van der Waals surface area (Å²) in [6, 6.07) is 17.9. The Morgan fingerprint density at radius 2 is 1.86 bits per heavy atom. The van der Waals surface area contributed by atoms with Crippen molar-refractivity contribution in [2.75, 3.05) is 39.5 Å². The molecule has 0 aliphatic carbocycles. The number of ether oxygens (including phenoxy) is 2. The van der Waals surface area contributed by atoms with Crippen molar-refractivity contribution in [2.45, 2.75) is 13.0 Å². The second-order valence-corrected chi connectivity index (χ2v) is 6.87. The van der Waals surface area contributed by atoms with Gasteiger partial charge in [0.1, 0.15) is 31.4 Å². The number of carbonyl (C=O) groups is 1. The van der Waals surface area contributed by atoms with Crippen molar-refractivity contribution >= 4 is 12.0 Å². The normalized spacial score (nSPS) is 16.0. The van der Waals surface area contributed by atoms with Crippen molar-refractivity contribution < 1.29 is 19.2 Å². The van der Waals surface area contributed by atoms with Gasteiger partial charge in [0.05, 0.1) is 19.8 Å². The third-order valence-electron chi connectivity index (χ3n) is 4.83. The molecule has 2 aromatic rings. The lowest BCUT2D eigenvalue weighted by molar-refractivity contribution is -0.909. The molecule has 1 aliphatic rings. The molecule has 1 aliphatic heterocycles. The van der Waals surface area contributed by atoms with E-state index in [2.05, 4.69) is 17.4 Å². The summed E-state index contributed by atoms with van der Waals surface area (Å²) < 4.78 is 10.9. The summed E-state index contributed by atoms with van der Waals surface area (Å²) in [4.78, 5) is 14.0. The molecule has 0 spiro atoms. The molecule has 3 rings (SSSR count). The third-order valence-corrected chi connectivity index (χ3v) is 4.83. The van der Waals surface area contributed by atoms with Gasteiger partial charge >= 0.3 is 0 Å². The predicted molar refractivity (Wildman–Crippen MR) is 110 cm³/mol. The minimum atomic E-state index is -0.0876. The van der Waals surface area contributed by atoms with Crippen LogP contribution in [0.3, 0.4) is 0 Å². The van der Waals surface area contributed by atoms with E-state index >= 15 is 0 Å². The molecular formula is C23H29N2O3+. The van der Waals surface area contributed by atoms with Crippen LogP contribution in [0.5, 0.6) is 5.75 Å². The van der Waals surface area contributed by atoms with Gasteiger partial charge in [-0.3, -0.25) is 4.79 Å². The number of quaternary nitrogens is 1. The van der Waals surface area contributed by atoms with Gasteiger partial charge in [-0.25, -0.2) is 0 Å². The Bertz CT molecular complexity index is 753. The van der Waals surface area contributed by atoms with Crippen LogP contribution in [0.1, 0.15) is 24.1 Å². The maximum absolute atomic E-state index is 12.6. The van der Waals surface area contributed by atoms with Crippen molar-refractivity contribution in [3.8, 4) is 5.75 Å². The summed E-state index contributed by atoms with van der Waals surface area (Å²) >= 11 is 0. The molecule has 2 N–H and O–H groups in total. The molecule has 1 heterocycles. The molecule has 0 unspecified atom stereocenters. The molecule has 1 amide bonds. The van der Waals surface area contributed by atoms with Crippen LogP contribution in [0, 0.1) is 0 Å². The van der Waals surface area contributed by atoms with E-state index in [1.807, 2.05) is 55.5 Å². The summed E-state index contributed by atoms with van der Waals surface area (Å²) in [7, 11) is 0. The smallest absolute Gasteiger partial charge is 0.244 e. The predicted octanol–water partition coefficient (Wildman–Crippen LogP) is 1.87. The molecule has 0 aromatic heterocycles. The van der Waals surface area contributed by atoms with E-state index in [9.17, 15) is 4.79 Å². The number of morpholine rings is 1. The van der Waals surface area contributed by atoms with Crippen molar-refractivity contribution in [2.24, 2.45) is 0 Å². The lowest BCUT2D eigenvalue weighted by Crippen LogP contribution is -3.14. The van der Waals surface area contributed by atoms with Crippen LogP contribution < -0.4 is 15.0 Å². The molecule has 0 bridgehead atoms. The van der Waals surface area contributed by atoms with E-state index < -0.39 is 0 Å². The Balaban J connectivity index is 1.62. The van der Waals surface area contributed by atoms with E-state index in [1.165, 1.54) is 4.90 Å². The number of amides is 1. The summed E-state index contributed by atoms with van der Waals surface area (Å²) in [5.74, 6) is 0.747. The van der Waals surface area contributed by atoms with Crippen LogP contribution in [0.4, 0.5) is 0 Å². The van der Waals surface area contributed by atoms with E-state index in [0.29, 0.717) is 6.61 Å². The van der Waals surface area contributed by atoms with Gasteiger partial charge in [0.25, 0.3) is 0 Å². The summed E-state index contributed by atoms with van der Waals surface area (Å²) in [5, 5.41) is 3.17. The minimum Gasteiger partial charge on any atom is -0.494 e. The Morgan fingerprint density at radius 3 is 2.54 bits per heavy atom. The molecular weight excluding hydrogens is 352 g/mol. The summed E-state index contributed by atoms with van der Waals surface area (Å²) in [6.07, 6.45) is 3.43. The van der Waals surface area contributed by atoms with Crippen LogP contribution in [-0.4, -0.2) is 45.4 Å². The lowest BCUT2D eigenvalue weighted by atomic mass is 10.1. The fourth-order valence-corrected chi connectivity index (χ4v) is 3.32. The van der Waals surface area contributed by atoms with Crippen LogP contribution >= 0.6 is 0 Å². The Morgan fingerprint density at radius 1 is 1.14 bits per heavy atom. The quantitative estimate of drug-likeness (QED) is 0.687. The average molecular weight is 381 g/mol. The average Bonchev–Trinajstić information content (AvgIpc) is 2.74. The Labute approximate surface area is 167 Å². The highest BCUT2D eigenvalue weighted by molar-refractivity contribution is 5.92. The zero-order chi connectivity index (χ0) is 19.6. The largest absolute Gasteiger partial charge is 0.494 e. The first-order valence-electron chi connectivity index (χ1n) is 9.92. The molecule has 2 aromatic carbocycles. The maximum atomic E-state index is 12.6. The second kappa shape index (κ2) is 10.6. The molecule has 0 radical (unpaired) electrons. The van der Waals surface area contributed by atoms with Gasteiger partial charge < -0.3 is 19.7 Å². The number of hydrogen-bond acceptors (Lipinski definition) is 3. The van der Waals surface area contributed by atoms with Crippen molar-refractivity contribution in [3.05, 3.63) is 71.8 Å². The van der Waals surface area contributed by atoms with Crippen molar-refractivity contribution in [3.63, 3.8) is 0 Å². The van der Waals surface area contributed by atoms with Crippen LogP contribution in [0.2, 0.25) is 0 Å². The van der Waals surface area contributed by atoms with Gasteiger partial charge in [-0.1, -0.05) is 42.5 Å². The first-order valence-corrected chi connectivity index (χ1v) is 9.92. The van der Waals surface area contributed by atoms with Gasteiger partial charge in [-0.2, -0.15) is 0 Å². The lowest BCUT2D eigenvalue weighted by Gasteiger charge is -2.28. The number of hydrogen-bond donors (Lipinski definition) is 2. The maximum Gasteiger partial charge on any atom is 0.244 e. The first-order chi connectivity index (χ1) is 13.7. The highest BCUT2D eigenvalue weighted by Crippen LogP contribution is 2.14. The van der Waals surface area contributed by atoms with E-state index in [-0.39, 0.29) is 11.9 Å². The topological polar surface area (TPSA) is 52.0 Å². The zero-order valence-electron chi connectivity index (χ0n) is 16.4. The van der Waals surface area contributed by atoms with Gasteiger partial charge in [0.15, 0.2) is 0 Å². The van der Waals surface area contributed by atoms with E-state index in [4.69, 9.17) is 9.47 Å². The number of carbonyl (C=O) groups excluding carboxylic acids is 1. The molecule has 1 fully saturated rings. The third kappa shape index (κ3) is 6.22. The van der Waals surface area contributed by atoms with Gasteiger partial charge in [-0.05, 0) is 36.3 Å². The standard InChI is InChI=1S/C23H28N2O3/c1-2-28-21-11-8-19(9-12-21)10-13-23(26)24-22(20-6-4-3-5-7-20)18-25-14-16-27-17-15-25/h3-13,22H,2,14-18H2,1H3,(H,24,26)/p+1/b13-10+/t22-/m1/s1. The van der Waals surface area contributed by atoms with Gasteiger partial charge in [0, 0.05) is 6.08 Å². The highest BCUT2D eigenvalue weighted by atomic mass is 16.5. The molecule has 5 nitrogen and oxygen atoms in total. The van der Waals surface area contributed by atoms with E-state index in [1.54, 1.807) is 6.08 Å². The van der Waals surface area contributed by atoms with Crippen LogP contribution in [-0.2, 0) is 9.53 Å². The summed E-state index contributed by atoms with van der Waals surface area (Å²) in [6.45, 7) is 6.97. The number of nitrogens with one attached hydrogen (secondary N) is 2. The van der Waals surface area contributed by atoms with Crippen molar-refractivity contribution in [1.29, 1.82) is 0 Å². The fourth-order valence-electron chi connectivity index (χ4n) is 3.32. The molecule has 1 atom stereocenters. The summed E-state index contributed by atoms with van der Waals surface area (Å²) in [5.41, 5.74) is 2.10. The van der Waals surface area contributed by atoms with Gasteiger partial charge in [-0.15, -0.1) is 0 Å². The fraction of sp³-hybridized carbons (Fsp3) is 0.348. The minimum absolute atomic E-state index is 0.0215. The first kappa shape index (κ1) is 20.1.